The summed E-state index contributed by atoms with van der Waals surface area (Å²) in [7, 11) is -3.73. The minimum atomic E-state index is -3.73. The van der Waals surface area contributed by atoms with Crippen LogP contribution in [0.5, 0.6) is 0 Å². The van der Waals surface area contributed by atoms with Crippen molar-refractivity contribution in [3.05, 3.63) is 36.3 Å². The molecule has 0 saturated carbocycles. The fourth-order valence-electron chi connectivity index (χ4n) is 3.53. The lowest BCUT2D eigenvalue weighted by molar-refractivity contribution is -0.120. The van der Waals surface area contributed by atoms with Crippen molar-refractivity contribution >= 4 is 42.6 Å². The molecule has 1 aliphatic rings. The number of anilines is 1. The summed E-state index contributed by atoms with van der Waals surface area (Å²) < 4.78 is 30.2. The highest BCUT2D eigenvalue weighted by molar-refractivity contribution is 7.89. The topological polar surface area (TPSA) is 97.2 Å². The van der Waals surface area contributed by atoms with Gasteiger partial charge in [-0.05, 0) is 51.3 Å². The van der Waals surface area contributed by atoms with Crippen molar-refractivity contribution in [2.24, 2.45) is 5.92 Å². The molecule has 0 spiro atoms. The molecule has 0 radical (unpaired) electrons. The van der Waals surface area contributed by atoms with E-state index in [1.807, 2.05) is 39.0 Å². The van der Waals surface area contributed by atoms with Gasteiger partial charge in [0.1, 0.15) is 0 Å². The van der Waals surface area contributed by atoms with Gasteiger partial charge < -0.3 is 9.88 Å². The Hall–Kier alpha value is -2.30. The summed E-state index contributed by atoms with van der Waals surface area (Å²) in [6, 6.07) is 6.08. The molecule has 1 fully saturated rings. The van der Waals surface area contributed by atoms with Crippen LogP contribution >= 0.6 is 11.3 Å². The average molecular weight is 448 g/mol. The minimum Gasteiger partial charge on any atom is -0.334 e. The predicted molar refractivity (Wildman–Crippen MR) is 117 cm³/mol. The third-order valence-corrected chi connectivity index (χ3v) is 7.99. The standard InChI is InChI=1S/C20H25N5O3S2/c1-13(2)24-11-18(21-12-24)30(27,28)25-8-4-5-15(10-25)19(26)23-20-22-16-7-6-14(3)9-17(16)29-20/h6-7,9,11-13,15H,4-5,8,10H2,1-3H3,(H,22,23,26)/t15-/m0/s1. The molecule has 1 saturated heterocycles. The molecule has 1 aliphatic heterocycles. The van der Waals surface area contributed by atoms with Crippen molar-refractivity contribution in [1.29, 1.82) is 0 Å². The number of hydrogen-bond acceptors (Lipinski definition) is 6. The number of aromatic nitrogens is 3. The SMILES string of the molecule is Cc1ccc2nc(NC(=O)[C@H]3CCCN(S(=O)(=O)c4cn(C(C)C)cn4)C3)sc2c1. The molecule has 0 bridgehead atoms. The number of hydrogen-bond donors (Lipinski definition) is 1. The number of fused-ring (bicyclic) bond motifs is 1. The molecule has 1 N–H and O–H groups in total. The largest absolute Gasteiger partial charge is 0.334 e. The zero-order chi connectivity index (χ0) is 21.5. The molecular weight excluding hydrogens is 422 g/mol. The van der Waals surface area contributed by atoms with E-state index in [-0.39, 0.29) is 23.5 Å². The first-order chi connectivity index (χ1) is 14.2. The Balaban J connectivity index is 1.47. The lowest BCUT2D eigenvalue weighted by atomic mass is 9.99. The van der Waals surface area contributed by atoms with E-state index in [1.165, 1.54) is 22.0 Å². The van der Waals surface area contributed by atoms with Gasteiger partial charge in [-0.2, -0.15) is 4.31 Å². The number of sulfonamides is 1. The zero-order valence-corrected chi connectivity index (χ0v) is 18.8. The van der Waals surface area contributed by atoms with Crippen molar-refractivity contribution in [2.45, 2.75) is 44.7 Å². The van der Waals surface area contributed by atoms with E-state index in [2.05, 4.69) is 15.3 Å². The summed E-state index contributed by atoms with van der Waals surface area (Å²) in [6.07, 6.45) is 4.34. The number of nitrogens with one attached hydrogen (secondary N) is 1. The highest BCUT2D eigenvalue weighted by Crippen LogP contribution is 2.29. The summed E-state index contributed by atoms with van der Waals surface area (Å²) in [6.45, 7) is 6.47. The van der Waals surface area contributed by atoms with Crippen molar-refractivity contribution in [3.8, 4) is 0 Å². The van der Waals surface area contributed by atoms with Crippen molar-refractivity contribution < 1.29 is 13.2 Å². The van der Waals surface area contributed by atoms with Crippen LogP contribution in [0.3, 0.4) is 0 Å². The van der Waals surface area contributed by atoms with Crippen LogP contribution in [-0.4, -0.2) is 46.3 Å². The van der Waals surface area contributed by atoms with Gasteiger partial charge in [0.25, 0.3) is 10.0 Å². The van der Waals surface area contributed by atoms with E-state index < -0.39 is 15.9 Å². The molecule has 1 atom stereocenters. The number of amides is 1. The molecule has 30 heavy (non-hydrogen) atoms. The number of thiazole rings is 1. The molecule has 0 unspecified atom stereocenters. The Morgan fingerprint density at radius 3 is 2.87 bits per heavy atom. The number of benzene rings is 1. The highest BCUT2D eigenvalue weighted by atomic mass is 32.2. The fourth-order valence-corrected chi connectivity index (χ4v) is 5.95. The summed E-state index contributed by atoms with van der Waals surface area (Å²) in [5.41, 5.74) is 1.98. The van der Waals surface area contributed by atoms with E-state index in [4.69, 9.17) is 0 Å². The van der Waals surface area contributed by atoms with Gasteiger partial charge in [0.05, 0.1) is 22.5 Å². The van der Waals surface area contributed by atoms with E-state index in [9.17, 15) is 13.2 Å². The predicted octanol–water partition coefficient (Wildman–Crippen LogP) is 3.42. The smallest absolute Gasteiger partial charge is 0.262 e. The van der Waals surface area contributed by atoms with Gasteiger partial charge in [0.15, 0.2) is 10.2 Å². The number of carbonyl (C=O) groups is 1. The molecule has 10 heteroatoms. The maximum absolute atomic E-state index is 13.0. The lowest BCUT2D eigenvalue weighted by Gasteiger charge is -2.30. The second-order valence-electron chi connectivity index (χ2n) is 7.93. The molecule has 4 rings (SSSR count). The molecule has 160 valence electrons. The molecule has 2 aromatic heterocycles. The fraction of sp³-hybridized carbons (Fsp3) is 0.450. The Morgan fingerprint density at radius 1 is 1.33 bits per heavy atom. The van der Waals surface area contributed by atoms with Crippen LogP contribution in [-0.2, 0) is 14.8 Å². The summed E-state index contributed by atoms with van der Waals surface area (Å²) >= 11 is 1.42. The minimum absolute atomic E-state index is 0.0267. The van der Waals surface area contributed by atoms with E-state index in [0.717, 1.165) is 15.8 Å². The molecule has 3 heterocycles. The normalized spacial score (nSPS) is 18.2. The van der Waals surface area contributed by atoms with Gasteiger partial charge in [-0.1, -0.05) is 17.4 Å². The van der Waals surface area contributed by atoms with Gasteiger partial charge in [-0.15, -0.1) is 0 Å². The lowest BCUT2D eigenvalue weighted by Crippen LogP contribution is -2.43. The number of aryl methyl sites for hydroxylation is 1. The quantitative estimate of drug-likeness (QED) is 0.646. The van der Waals surface area contributed by atoms with Crippen LogP contribution in [0, 0.1) is 12.8 Å². The van der Waals surface area contributed by atoms with Crippen molar-refractivity contribution in [2.75, 3.05) is 18.4 Å². The van der Waals surface area contributed by atoms with E-state index >= 15 is 0 Å². The molecule has 3 aromatic rings. The van der Waals surface area contributed by atoms with Gasteiger partial charge in [-0.25, -0.2) is 18.4 Å². The molecule has 8 nitrogen and oxygen atoms in total. The van der Waals surface area contributed by atoms with Gasteiger partial charge in [0.2, 0.25) is 5.91 Å². The van der Waals surface area contributed by atoms with Crippen LogP contribution in [0.1, 0.15) is 38.3 Å². The third kappa shape index (κ3) is 4.12. The zero-order valence-electron chi connectivity index (χ0n) is 17.2. The number of nitrogens with zero attached hydrogens (tertiary/aromatic N) is 4. The van der Waals surface area contributed by atoms with Crippen LogP contribution in [0.2, 0.25) is 0 Å². The van der Waals surface area contributed by atoms with Crippen molar-refractivity contribution in [1.82, 2.24) is 18.8 Å². The maximum atomic E-state index is 13.0. The van der Waals surface area contributed by atoms with Crippen LogP contribution < -0.4 is 5.32 Å². The molecule has 1 amide bonds. The maximum Gasteiger partial charge on any atom is 0.262 e. The second-order valence-corrected chi connectivity index (χ2v) is 10.8. The number of piperidine rings is 1. The number of carbonyl (C=O) groups excluding carboxylic acids is 1. The second kappa shape index (κ2) is 8.09. The summed E-state index contributed by atoms with van der Waals surface area (Å²) in [5, 5.41) is 3.44. The Labute approximate surface area is 180 Å². The van der Waals surface area contributed by atoms with Gasteiger partial charge in [-0.3, -0.25) is 4.79 Å². The van der Waals surface area contributed by atoms with Crippen molar-refractivity contribution in [3.63, 3.8) is 0 Å². The molecule has 1 aromatic carbocycles. The first kappa shape index (κ1) is 21.0. The first-order valence-electron chi connectivity index (χ1n) is 9.96. The van der Waals surface area contributed by atoms with Crippen LogP contribution in [0.25, 0.3) is 10.2 Å². The third-order valence-electron chi connectivity index (χ3n) is 5.31. The number of rotatable bonds is 5. The Bertz CT molecular complexity index is 1180. The Morgan fingerprint density at radius 2 is 2.13 bits per heavy atom. The molecule has 0 aliphatic carbocycles. The molecular formula is C20H25N5O3S2. The average Bonchev–Trinajstić information content (AvgIpc) is 3.35. The summed E-state index contributed by atoms with van der Waals surface area (Å²) in [5.74, 6) is -0.618. The van der Waals surface area contributed by atoms with Gasteiger partial charge >= 0.3 is 0 Å². The first-order valence-corrected chi connectivity index (χ1v) is 12.2. The Kier molecular flexibility index (Phi) is 5.65. The van der Waals surface area contributed by atoms with Crippen LogP contribution in [0.15, 0.2) is 35.7 Å². The monoisotopic (exact) mass is 447 g/mol. The highest BCUT2D eigenvalue weighted by Gasteiger charge is 2.34. The van der Waals surface area contributed by atoms with Crippen LogP contribution in [0.4, 0.5) is 5.13 Å². The van der Waals surface area contributed by atoms with Gasteiger partial charge in [0, 0.05) is 25.3 Å². The van der Waals surface area contributed by atoms with E-state index in [1.54, 1.807) is 10.8 Å². The summed E-state index contributed by atoms with van der Waals surface area (Å²) in [4.78, 5) is 21.4. The van der Waals surface area contributed by atoms with E-state index in [0.29, 0.717) is 24.5 Å². The number of imidazole rings is 1.